The molecule has 0 aliphatic heterocycles. The van der Waals surface area contributed by atoms with E-state index in [0.29, 0.717) is 18.5 Å². The molecule has 1 aliphatic carbocycles. The summed E-state index contributed by atoms with van der Waals surface area (Å²) in [4.78, 5) is 25.4. The number of rotatable bonds is 4. The van der Waals surface area contributed by atoms with E-state index in [1.807, 2.05) is 45.0 Å². The van der Waals surface area contributed by atoms with Crippen LogP contribution in [-0.4, -0.2) is 11.8 Å². The zero-order valence-electron chi connectivity index (χ0n) is 15.5. The van der Waals surface area contributed by atoms with Crippen molar-refractivity contribution >= 4 is 23.2 Å². The molecule has 0 atom stereocenters. The van der Waals surface area contributed by atoms with Crippen LogP contribution in [0.2, 0.25) is 0 Å². The Morgan fingerprint density at radius 1 is 0.926 bits per heavy atom. The third-order valence-corrected chi connectivity index (χ3v) is 4.78. The number of para-hydroxylation sites is 1. The van der Waals surface area contributed by atoms with Gasteiger partial charge in [-0.2, -0.15) is 0 Å². The van der Waals surface area contributed by atoms with E-state index in [9.17, 15) is 18.4 Å². The maximum atomic E-state index is 13.3. The summed E-state index contributed by atoms with van der Waals surface area (Å²) in [5, 5.41) is 5.39. The first kappa shape index (κ1) is 19.0. The van der Waals surface area contributed by atoms with Gasteiger partial charge in [-0.05, 0) is 42.0 Å². The smallest absolute Gasteiger partial charge is 0.240 e. The number of halogens is 2. The predicted octanol–water partition coefficient (Wildman–Crippen LogP) is 4.62. The molecule has 2 aromatic carbocycles. The van der Waals surface area contributed by atoms with E-state index in [1.165, 1.54) is 6.07 Å². The number of hydrogen-bond donors (Lipinski definition) is 2. The number of carbonyl (C=O) groups is 2. The standard InChI is InChI=1S/C21H22F2N2O2/c1-20(2,3)14-6-4-5-7-17(14)25-19(27)21(10-11-21)18(26)24-13-8-9-15(22)16(23)12-13/h4-9,12H,10-11H2,1-3H3,(H,24,26)(H,25,27). The van der Waals surface area contributed by atoms with Gasteiger partial charge < -0.3 is 10.6 Å². The number of amides is 2. The summed E-state index contributed by atoms with van der Waals surface area (Å²) in [6.07, 6.45) is 0.818. The summed E-state index contributed by atoms with van der Waals surface area (Å²) in [6.45, 7) is 6.13. The maximum absolute atomic E-state index is 13.3. The Bertz CT molecular complexity index is 899. The summed E-state index contributed by atoms with van der Waals surface area (Å²) in [6, 6.07) is 10.6. The number of anilines is 2. The first-order chi connectivity index (χ1) is 12.6. The highest BCUT2D eigenvalue weighted by Crippen LogP contribution is 2.48. The van der Waals surface area contributed by atoms with Gasteiger partial charge in [-0.15, -0.1) is 0 Å². The fourth-order valence-electron chi connectivity index (χ4n) is 2.99. The summed E-state index contributed by atoms with van der Waals surface area (Å²) in [5.41, 5.74) is 0.398. The topological polar surface area (TPSA) is 58.2 Å². The zero-order valence-corrected chi connectivity index (χ0v) is 15.5. The van der Waals surface area contributed by atoms with Gasteiger partial charge >= 0.3 is 0 Å². The van der Waals surface area contributed by atoms with Crippen molar-refractivity contribution < 1.29 is 18.4 Å². The van der Waals surface area contributed by atoms with E-state index >= 15 is 0 Å². The summed E-state index contributed by atoms with van der Waals surface area (Å²) in [5.74, 6) is -2.95. The van der Waals surface area contributed by atoms with Crippen LogP contribution in [-0.2, 0) is 15.0 Å². The molecule has 6 heteroatoms. The van der Waals surface area contributed by atoms with Crippen LogP contribution in [0.4, 0.5) is 20.2 Å². The Hall–Kier alpha value is -2.76. The molecule has 2 N–H and O–H groups in total. The molecule has 1 aliphatic rings. The number of carbonyl (C=O) groups excluding carboxylic acids is 2. The highest BCUT2D eigenvalue weighted by molar-refractivity contribution is 6.17. The Kier molecular flexibility index (Phi) is 4.76. The van der Waals surface area contributed by atoms with Gasteiger partial charge in [0.15, 0.2) is 11.6 Å². The fraction of sp³-hybridized carbons (Fsp3) is 0.333. The average molecular weight is 372 g/mol. The lowest BCUT2D eigenvalue weighted by atomic mass is 9.85. The largest absolute Gasteiger partial charge is 0.325 e. The van der Waals surface area contributed by atoms with Crippen molar-refractivity contribution in [2.75, 3.05) is 10.6 Å². The van der Waals surface area contributed by atoms with Gasteiger partial charge in [-0.1, -0.05) is 39.0 Å². The van der Waals surface area contributed by atoms with Gasteiger partial charge in [-0.25, -0.2) is 8.78 Å². The molecule has 0 spiro atoms. The lowest BCUT2D eigenvalue weighted by Gasteiger charge is -2.24. The van der Waals surface area contributed by atoms with E-state index < -0.39 is 23.0 Å². The number of hydrogen-bond acceptors (Lipinski definition) is 2. The van der Waals surface area contributed by atoms with Crippen LogP contribution >= 0.6 is 0 Å². The summed E-state index contributed by atoms with van der Waals surface area (Å²) in [7, 11) is 0. The second-order valence-corrected chi connectivity index (χ2v) is 7.91. The van der Waals surface area contributed by atoms with Crippen molar-refractivity contribution in [3.05, 3.63) is 59.7 Å². The Morgan fingerprint density at radius 3 is 2.15 bits per heavy atom. The van der Waals surface area contributed by atoms with Crippen LogP contribution in [0.5, 0.6) is 0 Å². The van der Waals surface area contributed by atoms with Gasteiger partial charge in [0.1, 0.15) is 5.41 Å². The molecule has 0 unspecified atom stereocenters. The van der Waals surface area contributed by atoms with Crippen LogP contribution in [0, 0.1) is 17.0 Å². The first-order valence-corrected chi connectivity index (χ1v) is 8.81. The molecule has 2 amide bonds. The number of benzene rings is 2. The molecule has 0 aromatic heterocycles. The molecule has 0 saturated heterocycles. The van der Waals surface area contributed by atoms with Crippen molar-refractivity contribution in [2.24, 2.45) is 5.41 Å². The van der Waals surface area contributed by atoms with Crippen LogP contribution in [0.3, 0.4) is 0 Å². The zero-order chi connectivity index (χ0) is 19.8. The molecule has 0 radical (unpaired) electrons. The fourth-order valence-corrected chi connectivity index (χ4v) is 2.99. The molecular formula is C21H22F2N2O2. The second kappa shape index (κ2) is 6.76. The number of nitrogens with one attached hydrogen (secondary N) is 2. The van der Waals surface area contributed by atoms with Gasteiger partial charge in [0.2, 0.25) is 11.8 Å². The highest BCUT2D eigenvalue weighted by atomic mass is 19.2. The van der Waals surface area contributed by atoms with E-state index in [0.717, 1.165) is 17.7 Å². The van der Waals surface area contributed by atoms with Crippen molar-refractivity contribution in [2.45, 2.75) is 39.0 Å². The molecule has 4 nitrogen and oxygen atoms in total. The molecular weight excluding hydrogens is 350 g/mol. The summed E-state index contributed by atoms with van der Waals surface area (Å²) >= 11 is 0. The quantitative estimate of drug-likeness (QED) is 0.770. The van der Waals surface area contributed by atoms with E-state index in [4.69, 9.17) is 0 Å². The van der Waals surface area contributed by atoms with Gasteiger partial charge in [-0.3, -0.25) is 9.59 Å². The van der Waals surface area contributed by atoms with Crippen molar-refractivity contribution in [1.29, 1.82) is 0 Å². The van der Waals surface area contributed by atoms with E-state index in [1.54, 1.807) is 0 Å². The van der Waals surface area contributed by atoms with Crippen LogP contribution in [0.25, 0.3) is 0 Å². The Balaban J connectivity index is 1.77. The van der Waals surface area contributed by atoms with Gasteiger partial charge in [0.05, 0.1) is 0 Å². The third-order valence-electron chi connectivity index (χ3n) is 4.78. The third kappa shape index (κ3) is 3.84. The molecule has 1 fully saturated rings. The molecule has 0 bridgehead atoms. The van der Waals surface area contributed by atoms with Crippen molar-refractivity contribution in [3.63, 3.8) is 0 Å². The van der Waals surface area contributed by atoms with Gasteiger partial charge in [0.25, 0.3) is 0 Å². The average Bonchev–Trinajstić information content (AvgIpc) is 3.40. The van der Waals surface area contributed by atoms with Gasteiger partial charge in [0, 0.05) is 17.4 Å². The molecule has 27 heavy (non-hydrogen) atoms. The van der Waals surface area contributed by atoms with E-state index in [2.05, 4.69) is 10.6 Å². The monoisotopic (exact) mass is 372 g/mol. The second-order valence-electron chi connectivity index (χ2n) is 7.91. The molecule has 0 heterocycles. The van der Waals surface area contributed by atoms with Crippen LogP contribution < -0.4 is 10.6 Å². The predicted molar refractivity (Wildman–Crippen MR) is 100 cm³/mol. The molecule has 1 saturated carbocycles. The Labute approximate surface area is 157 Å². The molecule has 142 valence electrons. The minimum Gasteiger partial charge on any atom is -0.325 e. The van der Waals surface area contributed by atoms with Crippen molar-refractivity contribution in [1.82, 2.24) is 0 Å². The van der Waals surface area contributed by atoms with Crippen LogP contribution in [0.1, 0.15) is 39.2 Å². The minimum atomic E-state index is -1.18. The molecule has 3 rings (SSSR count). The summed E-state index contributed by atoms with van der Waals surface area (Å²) < 4.78 is 26.4. The Morgan fingerprint density at radius 2 is 1.56 bits per heavy atom. The lowest BCUT2D eigenvalue weighted by Crippen LogP contribution is -2.36. The normalized spacial score (nSPS) is 15.1. The van der Waals surface area contributed by atoms with Crippen molar-refractivity contribution in [3.8, 4) is 0 Å². The SMILES string of the molecule is CC(C)(C)c1ccccc1NC(=O)C1(C(=O)Nc2ccc(F)c(F)c2)CC1. The molecule has 2 aromatic rings. The lowest BCUT2D eigenvalue weighted by molar-refractivity contribution is -0.131. The van der Waals surface area contributed by atoms with Crippen LogP contribution in [0.15, 0.2) is 42.5 Å². The maximum Gasteiger partial charge on any atom is 0.240 e. The minimum absolute atomic E-state index is 0.119. The van der Waals surface area contributed by atoms with E-state index in [-0.39, 0.29) is 17.0 Å². The highest BCUT2D eigenvalue weighted by Gasteiger charge is 2.56. The first-order valence-electron chi connectivity index (χ1n) is 8.81.